The van der Waals surface area contributed by atoms with Gasteiger partial charge in [-0.1, -0.05) is 24.3 Å². The summed E-state index contributed by atoms with van der Waals surface area (Å²) in [6, 6.07) is 6.85. The number of carbonyl (C=O) groups is 1. The van der Waals surface area contributed by atoms with Crippen molar-refractivity contribution in [1.29, 1.82) is 0 Å². The molecule has 0 saturated carbocycles. The van der Waals surface area contributed by atoms with Gasteiger partial charge in [0.15, 0.2) is 0 Å². The maximum Gasteiger partial charge on any atom is 0.328 e. The van der Waals surface area contributed by atoms with Gasteiger partial charge < -0.3 is 5.11 Å². The summed E-state index contributed by atoms with van der Waals surface area (Å²) in [7, 11) is -1.99. The molecule has 0 aliphatic rings. The number of hydrogen-bond donors (Lipinski definition) is 2. The van der Waals surface area contributed by atoms with E-state index in [-0.39, 0.29) is 12.6 Å². The van der Waals surface area contributed by atoms with E-state index in [4.69, 9.17) is 5.11 Å². The molecule has 1 aromatic carbocycles. The van der Waals surface area contributed by atoms with E-state index in [1.54, 1.807) is 38.1 Å². The second kappa shape index (κ2) is 7.35. The summed E-state index contributed by atoms with van der Waals surface area (Å²) in [6.45, 7) is 3.76. The Balaban J connectivity index is 2.74. The molecule has 0 bridgehead atoms. The molecule has 0 aliphatic heterocycles. The molecule has 116 valence electrons. The molecule has 0 fully saturated rings. The van der Waals surface area contributed by atoms with E-state index in [1.807, 2.05) is 0 Å². The Bertz CT molecular complexity index is 606. The van der Waals surface area contributed by atoms with E-state index in [0.29, 0.717) is 0 Å². The maximum absolute atomic E-state index is 11.9. The largest absolute Gasteiger partial charge is 0.478 e. The summed E-state index contributed by atoms with van der Waals surface area (Å²) in [4.78, 5) is 10.4. The van der Waals surface area contributed by atoms with Crippen LogP contribution in [0.5, 0.6) is 0 Å². The normalized spacial score (nSPS) is 12.4. The molecule has 21 heavy (non-hydrogen) atoms. The van der Waals surface area contributed by atoms with Gasteiger partial charge in [0.2, 0.25) is 0 Å². The lowest BCUT2D eigenvalue weighted by atomic mass is 10.1. The number of rotatable bonds is 7. The predicted molar refractivity (Wildman–Crippen MR) is 81.8 cm³/mol. The van der Waals surface area contributed by atoms with Gasteiger partial charge in [0.25, 0.3) is 10.2 Å². The number of nitrogens with zero attached hydrogens (tertiary/aromatic N) is 1. The lowest BCUT2D eigenvalue weighted by Crippen LogP contribution is -2.41. The molecule has 0 radical (unpaired) electrons. The number of hydrogen-bond acceptors (Lipinski definition) is 3. The third-order valence-corrected chi connectivity index (χ3v) is 4.32. The van der Waals surface area contributed by atoms with Crippen molar-refractivity contribution in [3.63, 3.8) is 0 Å². The second-order valence-corrected chi connectivity index (χ2v) is 6.76. The van der Waals surface area contributed by atoms with Crippen molar-refractivity contribution in [3.8, 4) is 0 Å². The summed E-state index contributed by atoms with van der Waals surface area (Å²) in [5.41, 5.74) is 1.56. The lowest BCUT2D eigenvalue weighted by molar-refractivity contribution is -0.131. The highest BCUT2D eigenvalue weighted by Crippen LogP contribution is 2.10. The highest BCUT2D eigenvalue weighted by Gasteiger charge is 2.18. The number of benzene rings is 1. The van der Waals surface area contributed by atoms with Crippen LogP contribution in [0.25, 0.3) is 6.08 Å². The van der Waals surface area contributed by atoms with Crippen LogP contribution in [-0.4, -0.2) is 36.9 Å². The minimum atomic E-state index is -3.50. The van der Waals surface area contributed by atoms with Crippen molar-refractivity contribution >= 4 is 22.3 Å². The first kappa shape index (κ1) is 17.4. The summed E-state index contributed by atoms with van der Waals surface area (Å²) in [5.74, 6) is -1.01. The molecule has 0 aromatic heterocycles. The molecule has 1 aromatic rings. The van der Waals surface area contributed by atoms with Crippen molar-refractivity contribution in [1.82, 2.24) is 9.03 Å². The van der Waals surface area contributed by atoms with Gasteiger partial charge in [-0.05, 0) is 31.1 Å². The molecule has 0 amide bonds. The van der Waals surface area contributed by atoms with Gasteiger partial charge in [-0.25, -0.2) is 4.79 Å². The van der Waals surface area contributed by atoms with Crippen molar-refractivity contribution in [3.05, 3.63) is 41.5 Å². The van der Waals surface area contributed by atoms with Gasteiger partial charge >= 0.3 is 5.97 Å². The van der Waals surface area contributed by atoms with E-state index >= 15 is 0 Å². The summed E-state index contributed by atoms with van der Waals surface area (Å²) in [6.07, 6.45) is 2.53. The van der Waals surface area contributed by atoms with Crippen molar-refractivity contribution in [2.24, 2.45) is 0 Å². The molecule has 0 aliphatic carbocycles. The van der Waals surface area contributed by atoms with Gasteiger partial charge in [0.05, 0.1) is 0 Å². The van der Waals surface area contributed by atoms with Crippen LogP contribution in [0.15, 0.2) is 30.3 Å². The molecule has 0 heterocycles. The standard InChI is InChI=1S/C14H20N2O4S/c1-11(2)15-21(19,20)16(3)10-13-6-4-12(5-7-13)8-9-14(17)18/h4-9,11,15H,10H2,1-3H3,(H,17,18)/b9-8+. The fourth-order valence-corrected chi connectivity index (χ4v) is 2.73. The monoisotopic (exact) mass is 312 g/mol. The number of aliphatic carboxylic acids is 1. The Morgan fingerprint density at radius 1 is 1.33 bits per heavy atom. The highest BCUT2D eigenvalue weighted by molar-refractivity contribution is 7.87. The maximum atomic E-state index is 11.9. The molecule has 1 rings (SSSR count). The zero-order valence-electron chi connectivity index (χ0n) is 12.3. The van der Waals surface area contributed by atoms with E-state index in [9.17, 15) is 13.2 Å². The predicted octanol–water partition coefficient (Wildman–Crippen LogP) is 1.46. The zero-order chi connectivity index (χ0) is 16.0. The molecule has 0 spiro atoms. The fraction of sp³-hybridized carbons (Fsp3) is 0.357. The first-order chi connectivity index (χ1) is 9.70. The van der Waals surface area contributed by atoms with Crippen LogP contribution in [0.1, 0.15) is 25.0 Å². The van der Waals surface area contributed by atoms with Crippen LogP contribution in [0.3, 0.4) is 0 Å². The van der Waals surface area contributed by atoms with Crippen LogP contribution >= 0.6 is 0 Å². The van der Waals surface area contributed by atoms with Crippen LogP contribution in [-0.2, 0) is 21.5 Å². The van der Waals surface area contributed by atoms with E-state index in [1.165, 1.54) is 17.4 Å². The first-order valence-corrected chi connectivity index (χ1v) is 7.88. The van der Waals surface area contributed by atoms with E-state index in [2.05, 4.69) is 4.72 Å². The lowest BCUT2D eigenvalue weighted by Gasteiger charge is -2.19. The number of nitrogens with one attached hydrogen (secondary N) is 1. The SMILES string of the molecule is CC(C)NS(=O)(=O)N(C)Cc1ccc(/C=C/C(=O)O)cc1. The minimum Gasteiger partial charge on any atom is -0.478 e. The van der Waals surface area contributed by atoms with Gasteiger partial charge in [0, 0.05) is 25.7 Å². The highest BCUT2D eigenvalue weighted by atomic mass is 32.2. The molecule has 2 N–H and O–H groups in total. The molecular weight excluding hydrogens is 292 g/mol. The summed E-state index contributed by atoms with van der Waals surface area (Å²) >= 11 is 0. The van der Waals surface area contributed by atoms with Gasteiger partial charge in [-0.2, -0.15) is 17.4 Å². The Morgan fingerprint density at radius 2 is 1.90 bits per heavy atom. The van der Waals surface area contributed by atoms with Gasteiger partial charge in [-0.3, -0.25) is 0 Å². The number of carboxylic acids is 1. The second-order valence-electron chi connectivity index (χ2n) is 4.95. The quantitative estimate of drug-likeness (QED) is 0.746. The molecule has 6 nitrogen and oxygen atoms in total. The molecular formula is C14H20N2O4S. The van der Waals surface area contributed by atoms with Crippen molar-refractivity contribution in [2.45, 2.75) is 26.4 Å². The van der Waals surface area contributed by atoms with E-state index < -0.39 is 16.2 Å². The van der Waals surface area contributed by atoms with Crippen LogP contribution in [0.4, 0.5) is 0 Å². The van der Waals surface area contributed by atoms with Gasteiger partial charge in [0.1, 0.15) is 0 Å². The summed E-state index contributed by atoms with van der Waals surface area (Å²) < 4.78 is 27.6. The van der Waals surface area contributed by atoms with Crippen LogP contribution < -0.4 is 4.72 Å². The van der Waals surface area contributed by atoms with Crippen molar-refractivity contribution in [2.75, 3.05) is 7.05 Å². The first-order valence-electron chi connectivity index (χ1n) is 6.44. The Kier molecular flexibility index (Phi) is 6.07. The third kappa shape index (κ3) is 6.07. The zero-order valence-corrected chi connectivity index (χ0v) is 13.1. The molecule has 7 heteroatoms. The Morgan fingerprint density at radius 3 is 2.38 bits per heavy atom. The summed E-state index contributed by atoms with van der Waals surface area (Å²) in [5, 5.41) is 8.54. The number of carboxylic acid groups (broad SMARTS) is 1. The molecule has 0 atom stereocenters. The smallest absolute Gasteiger partial charge is 0.328 e. The van der Waals surface area contributed by atoms with Crippen molar-refractivity contribution < 1.29 is 18.3 Å². The van der Waals surface area contributed by atoms with Crippen LogP contribution in [0, 0.1) is 0 Å². The van der Waals surface area contributed by atoms with E-state index in [0.717, 1.165) is 17.2 Å². The Labute approximate surface area is 125 Å². The van der Waals surface area contributed by atoms with Gasteiger partial charge in [-0.15, -0.1) is 0 Å². The topological polar surface area (TPSA) is 86.7 Å². The third-order valence-electron chi connectivity index (χ3n) is 2.60. The average Bonchev–Trinajstić information content (AvgIpc) is 2.36. The fourth-order valence-electron chi connectivity index (χ4n) is 1.63. The Hall–Kier alpha value is -1.70. The average molecular weight is 312 g/mol. The van der Waals surface area contributed by atoms with Crippen LogP contribution in [0.2, 0.25) is 0 Å². The molecule has 0 unspecified atom stereocenters. The molecule has 0 saturated heterocycles. The minimum absolute atomic E-state index is 0.166.